The number of primary amides is 1. The Balaban J connectivity index is 2.26. The maximum Gasteiger partial charge on any atom is 0.254 e. The Morgan fingerprint density at radius 3 is 2.33 bits per heavy atom. The van der Waals surface area contributed by atoms with E-state index in [9.17, 15) is 18.0 Å². The summed E-state index contributed by atoms with van der Waals surface area (Å²) >= 11 is 0. The zero-order chi connectivity index (χ0) is 17.7. The van der Waals surface area contributed by atoms with E-state index in [-0.39, 0.29) is 22.8 Å². The lowest BCUT2D eigenvalue weighted by molar-refractivity contribution is -0.118. The van der Waals surface area contributed by atoms with Gasteiger partial charge in [-0.15, -0.1) is 0 Å². The number of carbonyl (C=O) groups is 2. The Morgan fingerprint density at radius 2 is 1.71 bits per heavy atom. The molecule has 0 unspecified atom stereocenters. The minimum atomic E-state index is -3.58. The van der Waals surface area contributed by atoms with Crippen LogP contribution in [0.1, 0.15) is 15.9 Å². The van der Waals surface area contributed by atoms with Crippen LogP contribution in [0.4, 0.5) is 0 Å². The van der Waals surface area contributed by atoms with Gasteiger partial charge >= 0.3 is 0 Å². The first-order valence-electron chi connectivity index (χ1n) is 7.20. The first-order valence-corrected chi connectivity index (χ1v) is 8.85. The van der Waals surface area contributed by atoms with Gasteiger partial charge in [-0.2, -0.15) is 0 Å². The molecule has 7 heteroatoms. The second-order valence-corrected chi connectivity index (χ2v) is 7.39. The van der Waals surface area contributed by atoms with Crippen molar-refractivity contribution in [2.24, 2.45) is 5.73 Å². The highest BCUT2D eigenvalue weighted by atomic mass is 32.2. The zero-order valence-corrected chi connectivity index (χ0v) is 14.0. The van der Waals surface area contributed by atoms with Crippen molar-refractivity contribution >= 4 is 21.7 Å². The van der Waals surface area contributed by atoms with E-state index < -0.39 is 21.7 Å². The minimum absolute atomic E-state index is 0.0599. The lowest BCUT2D eigenvalue weighted by Gasteiger charge is -2.15. The lowest BCUT2D eigenvalue weighted by atomic mass is 10.2. The number of nitrogens with two attached hydrogens (primary N) is 1. The molecule has 0 saturated carbocycles. The van der Waals surface area contributed by atoms with E-state index in [0.717, 1.165) is 4.90 Å². The summed E-state index contributed by atoms with van der Waals surface area (Å²) in [5, 5.41) is 0. The maximum absolute atomic E-state index is 12.5. The number of nitrogens with zero attached hydrogens (tertiary/aromatic N) is 1. The number of hydrogen-bond acceptors (Lipinski definition) is 4. The fourth-order valence-corrected chi connectivity index (χ4v) is 3.62. The monoisotopic (exact) mass is 346 g/mol. The molecular weight excluding hydrogens is 328 g/mol. The summed E-state index contributed by atoms with van der Waals surface area (Å²) in [6.07, 6.45) is 0. The van der Waals surface area contributed by atoms with E-state index in [2.05, 4.69) is 0 Å². The molecule has 0 atom stereocenters. The Labute approximate surface area is 140 Å². The van der Waals surface area contributed by atoms with Crippen molar-refractivity contribution in [3.63, 3.8) is 0 Å². The predicted molar refractivity (Wildman–Crippen MR) is 89.9 cm³/mol. The molecule has 6 nitrogen and oxygen atoms in total. The summed E-state index contributed by atoms with van der Waals surface area (Å²) in [6.45, 7) is -0.236. The quantitative estimate of drug-likeness (QED) is 0.850. The first kappa shape index (κ1) is 17.7. The van der Waals surface area contributed by atoms with Gasteiger partial charge in [-0.3, -0.25) is 9.59 Å². The van der Waals surface area contributed by atoms with Crippen LogP contribution >= 0.6 is 0 Å². The van der Waals surface area contributed by atoms with Gasteiger partial charge < -0.3 is 10.6 Å². The summed E-state index contributed by atoms with van der Waals surface area (Å²) < 4.78 is 25.1. The van der Waals surface area contributed by atoms with Gasteiger partial charge in [0.2, 0.25) is 5.91 Å². The number of hydrogen-bond donors (Lipinski definition) is 1. The molecule has 0 aliphatic heterocycles. The largest absolute Gasteiger partial charge is 0.368 e. The van der Waals surface area contributed by atoms with Crippen LogP contribution in [0.25, 0.3) is 0 Å². The third-order valence-electron chi connectivity index (χ3n) is 3.38. The molecule has 0 heterocycles. The molecule has 0 aromatic heterocycles. The molecule has 0 saturated heterocycles. The molecule has 0 fully saturated rings. The summed E-state index contributed by atoms with van der Waals surface area (Å²) in [5.41, 5.74) is 5.92. The van der Waals surface area contributed by atoms with Crippen molar-refractivity contribution in [2.45, 2.75) is 10.6 Å². The molecule has 0 radical (unpaired) electrons. The third-order valence-corrected chi connectivity index (χ3v) is 5.06. The SMILES string of the molecule is CN(CC(N)=O)C(=O)c1cccc(S(=O)(=O)Cc2ccccc2)c1. The van der Waals surface area contributed by atoms with Gasteiger partial charge in [0, 0.05) is 12.6 Å². The van der Waals surface area contributed by atoms with E-state index in [1.165, 1.54) is 31.3 Å². The fraction of sp³-hybridized carbons (Fsp3) is 0.176. The van der Waals surface area contributed by atoms with Gasteiger partial charge in [0.05, 0.1) is 17.2 Å². The van der Waals surface area contributed by atoms with Crippen molar-refractivity contribution in [3.05, 3.63) is 65.7 Å². The summed E-state index contributed by atoms with van der Waals surface area (Å²) in [5.74, 6) is -1.26. The van der Waals surface area contributed by atoms with Crippen molar-refractivity contribution in [1.82, 2.24) is 4.90 Å². The van der Waals surface area contributed by atoms with Crippen LogP contribution in [0.3, 0.4) is 0 Å². The van der Waals surface area contributed by atoms with Gasteiger partial charge in [-0.05, 0) is 23.8 Å². The second kappa shape index (κ2) is 7.27. The zero-order valence-electron chi connectivity index (χ0n) is 13.2. The molecule has 0 bridgehead atoms. The van der Waals surface area contributed by atoms with Crippen LogP contribution in [-0.2, 0) is 20.4 Å². The average Bonchev–Trinajstić information content (AvgIpc) is 2.54. The standard InChI is InChI=1S/C17H18N2O4S/c1-19(11-16(18)20)17(21)14-8-5-9-15(10-14)24(22,23)12-13-6-3-2-4-7-13/h2-10H,11-12H2,1H3,(H2,18,20). The molecule has 2 N–H and O–H groups in total. The normalized spacial score (nSPS) is 11.0. The summed E-state index contributed by atoms with van der Waals surface area (Å²) in [7, 11) is -2.15. The Hall–Kier alpha value is -2.67. The molecule has 0 aliphatic rings. The summed E-state index contributed by atoms with van der Waals surface area (Å²) in [6, 6.07) is 14.6. The number of carbonyl (C=O) groups excluding carboxylic acids is 2. The molecule has 0 spiro atoms. The van der Waals surface area contributed by atoms with Gasteiger partial charge in [0.15, 0.2) is 9.84 Å². The Kier molecular flexibility index (Phi) is 5.35. The van der Waals surface area contributed by atoms with Crippen LogP contribution in [-0.4, -0.2) is 38.7 Å². The minimum Gasteiger partial charge on any atom is -0.368 e. The Bertz CT molecular complexity index is 848. The van der Waals surface area contributed by atoms with E-state index >= 15 is 0 Å². The van der Waals surface area contributed by atoms with E-state index in [1.807, 2.05) is 6.07 Å². The van der Waals surface area contributed by atoms with Crippen LogP contribution in [0.2, 0.25) is 0 Å². The van der Waals surface area contributed by atoms with Gasteiger partial charge in [0.1, 0.15) is 0 Å². The number of likely N-dealkylation sites (N-methyl/N-ethyl adjacent to an activating group) is 1. The van der Waals surface area contributed by atoms with Crippen molar-refractivity contribution in [1.29, 1.82) is 0 Å². The molecular formula is C17H18N2O4S. The third kappa shape index (κ3) is 4.42. The van der Waals surface area contributed by atoms with Crippen LogP contribution in [0.15, 0.2) is 59.5 Å². The van der Waals surface area contributed by atoms with Gasteiger partial charge in [-0.1, -0.05) is 36.4 Å². The number of benzene rings is 2. The number of sulfone groups is 1. The van der Waals surface area contributed by atoms with Gasteiger partial charge in [0.25, 0.3) is 5.91 Å². The lowest BCUT2D eigenvalue weighted by Crippen LogP contribution is -2.35. The summed E-state index contributed by atoms with van der Waals surface area (Å²) in [4.78, 5) is 24.4. The fourth-order valence-electron chi connectivity index (χ4n) is 2.23. The second-order valence-electron chi connectivity index (χ2n) is 5.40. The van der Waals surface area contributed by atoms with E-state index in [0.29, 0.717) is 5.56 Å². The highest BCUT2D eigenvalue weighted by molar-refractivity contribution is 7.90. The molecule has 2 aromatic carbocycles. The first-order chi connectivity index (χ1) is 11.3. The smallest absolute Gasteiger partial charge is 0.254 e. The maximum atomic E-state index is 12.5. The van der Waals surface area contributed by atoms with E-state index in [1.54, 1.807) is 24.3 Å². The van der Waals surface area contributed by atoms with Crippen molar-refractivity contribution < 1.29 is 18.0 Å². The van der Waals surface area contributed by atoms with Crippen LogP contribution in [0, 0.1) is 0 Å². The average molecular weight is 346 g/mol. The molecule has 24 heavy (non-hydrogen) atoms. The molecule has 126 valence electrons. The number of amides is 2. The molecule has 2 aromatic rings. The van der Waals surface area contributed by atoms with Crippen LogP contribution in [0.5, 0.6) is 0 Å². The molecule has 0 aliphatic carbocycles. The number of rotatable bonds is 6. The van der Waals surface area contributed by atoms with Crippen LogP contribution < -0.4 is 5.73 Å². The highest BCUT2D eigenvalue weighted by Crippen LogP contribution is 2.18. The van der Waals surface area contributed by atoms with Gasteiger partial charge in [-0.25, -0.2) is 8.42 Å². The topological polar surface area (TPSA) is 97.5 Å². The molecule has 2 rings (SSSR count). The highest BCUT2D eigenvalue weighted by Gasteiger charge is 2.19. The Morgan fingerprint density at radius 1 is 1.04 bits per heavy atom. The van der Waals surface area contributed by atoms with Crippen molar-refractivity contribution in [3.8, 4) is 0 Å². The van der Waals surface area contributed by atoms with E-state index in [4.69, 9.17) is 5.73 Å². The van der Waals surface area contributed by atoms with Crippen molar-refractivity contribution in [2.75, 3.05) is 13.6 Å². The predicted octanol–water partition coefficient (Wildman–Crippen LogP) is 1.22. The molecule has 2 amide bonds.